The van der Waals surface area contributed by atoms with Crippen molar-refractivity contribution in [1.82, 2.24) is 4.31 Å². The average Bonchev–Trinajstić information content (AvgIpc) is 2.01. The molecule has 0 saturated heterocycles. The quantitative estimate of drug-likeness (QED) is 0.566. The Labute approximate surface area is 72.4 Å². The third-order valence-corrected chi connectivity index (χ3v) is 3.59. The zero-order valence-electron chi connectivity index (χ0n) is 7.57. The molecule has 1 unspecified atom stereocenters. The maximum absolute atomic E-state index is 11.3. The van der Waals surface area contributed by atoms with Crippen LogP contribution in [-0.2, 0) is 19.6 Å². The summed E-state index contributed by atoms with van der Waals surface area (Å²) in [6.45, 7) is 1.29. The summed E-state index contributed by atoms with van der Waals surface area (Å²) >= 11 is 0. The molecular weight excluding hydrogens is 182 g/mol. The molecule has 0 aromatic rings. The van der Waals surface area contributed by atoms with Gasteiger partial charge in [0, 0.05) is 14.1 Å². The molecule has 0 aliphatic carbocycles. The van der Waals surface area contributed by atoms with Crippen molar-refractivity contribution in [3.63, 3.8) is 0 Å². The van der Waals surface area contributed by atoms with Crippen LogP contribution >= 0.6 is 0 Å². The molecule has 6 heteroatoms. The first-order valence-corrected chi connectivity index (χ1v) is 4.83. The number of nitrogens with zero attached hydrogens (tertiary/aromatic N) is 1. The number of carbonyl (C=O) groups is 1. The Kier molecular flexibility index (Phi) is 3.66. The van der Waals surface area contributed by atoms with E-state index < -0.39 is 21.2 Å². The van der Waals surface area contributed by atoms with Gasteiger partial charge in [0.1, 0.15) is 0 Å². The second-order valence-electron chi connectivity index (χ2n) is 2.49. The summed E-state index contributed by atoms with van der Waals surface area (Å²) in [5.41, 5.74) is 0. The van der Waals surface area contributed by atoms with E-state index in [0.29, 0.717) is 0 Å². The van der Waals surface area contributed by atoms with Crippen molar-refractivity contribution in [2.45, 2.75) is 12.2 Å². The molecule has 0 radical (unpaired) electrons. The monoisotopic (exact) mass is 195 g/mol. The van der Waals surface area contributed by atoms with Crippen LogP contribution in [0.15, 0.2) is 0 Å². The summed E-state index contributed by atoms with van der Waals surface area (Å²) in [5, 5.41) is -1.14. The molecule has 0 aliphatic heterocycles. The maximum Gasteiger partial charge on any atom is 0.325 e. The van der Waals surface area contributed by atoms with Gasteiger partial charge in [-0.2, -0.15) is 0 Å². The molecule has 0 fully saturated rings. The zero-order valence-corrected chi connectivity index (χ0v) is 8.38. The number of carbonyl (C=O) groups excluding carboxylic acids is 1. The van der Waals surface area contributed by atoms with Crippen LogP contribution in [0.5, 0.6) is 0 Å². The Bertz CT molecular complexity index is 257. The van der Waals surface area contributed by atoms with Crippen molar-refractivity contribution >= 4 is 16.0 Å². The standard InChI is InChI=1S/C6H13NO4S/c1-5(6(8)11-4)12(9,10)7(2)3/h5H,1-4H3. The van der Waals surface area contributed by atoms with Gasteiger partial charge in [0.05, 0.1) is 7.11 Å². The summed E-state index contributed by atoms with van der Waals surface area (Å²) in [6.07, 6.45) is 0. The predicted molar refractivity (Wildman–Crippen MR) is 44.1 cm³/mol. The number of ether oxygens (including phenoxy) is 1. The summed E-state index contributed by atoms with van der Waals surface area (Å²) in [6, 6.07) is 0. The van der Waals surface area contributed by atoms with Crippen LogP contribution in [0, 0.1) is 0 Å². The van der Waals surface area contributed by atoms with E-state index in [-0.39, 0.29) is 0 Å². The predicted octanol–water partition coefficient (Wildman–Crippen LogP) is -0.561. The summed E-state index contributed by atoms with van der Waals surface area (Å²) in [7, 11) is 0.367. The van der Waals surface area contributed by atoms with E-state index in [1.54, 1.807) is 0 Å². The topological polar surface area (TPSA) is 63.7 Å². The molecule has 0 amide bonds. The molecule has 0 saturated carbocycles. The highest BCUT2D eigenvalue weighted by atomic mass is 32.2. The minimum Gasteiger partial charge on any atom is -0.468 e. The second-order valence-corrected chi connectivity index (χ2v) is 4.96. The van der Waals surface area contributed by atoms with Gasteiger partial charge in [0.2, 0.25) is 10.0 Å². The fourth-order valence-electron chi connectivity index (χ4n) is 0.604. The minimum atomic E-state index is -3.53. The highest BCUT2D eigenvalue weighted by Crippen LogP contribution is 2.05. The van der Waals surface area contributed by atoms with Crippen LogP contribution in [0.4, 0.5) is 0 Å². The van der Waals surface area contributed by atoms with Gasteiger partial charge in [-0.3, -0.25) is 4.79 Å². The van der Waals surface area contributed by atoms with Crippen LogP contribution in [-0.4, -0.2) is 45.1 Å². The Morgan fingerprint density at radius 2 is 1.83 bits per heavy atom. The molecule has 0 spiro atoms. The van der Waals surface area contributed by atoms with Crippen molar-refractivity contribution in [3.8, 4) is 0 Å². The summed E-state index contributed by atoms with van der Waals surface area (Å²) in [4.78, 5) is 10.8. The average molecular weight is 195 g/mol. The molecule has 12 heavy (non-hydrogen) atoms. The molecule has 1 atom stereocenters. The van der Waals surface area contributed by atoms with Crippen molar-refractivity contribution in [3.05, 3.63) is 0 Å². The van der Waals surface area contributed by atoms with Gasteiger partial charge in [-0.1, -0.05) is 0 Å². The van der Waals surface area contributed by atoms with Gasteiger partial charge < -0.3 is 4.74 Å². The lowest BCUT2D eigenvalue weighted by Gasteiger charge is -2.15. The van der Waals surface area contributed by atoms with E-state index in [2.05, 4.69) is 4.74 Å². The van der Waals surface area contributed by atoms with Gasteiger partial charge in [-0.05, 0) is 6.92 Å². The summed E-state index contributed by atoms with van der Waals surface area (Å²) < 4.78 is 27.8. The highest BCUT2D eigenvalue weighted by molar-refractivity contribution is 7.90. The van der Waals surface area contributed by atoms with Crippen molar-refractivity contribution in [2.24, 2.45) is 0 Å². The normalized spacial score (nSPS) is 14.4. The first-order valence-electron chi connectivity index (χ1n) is 3.33. The third-order valence-electron chi connectivity index (χ3n) is 1.49. The van der Waals surface area contributed by atoms with Gasteiger partial charge in [0.15, 0.2) is 5.25 Å². The maximum atomic E-state index is 11.3. The van der Waals surface area contributed by atoms with Gasteiger partial charge in [0.25, 0.3) is 0 Å². The van der Waals surface area contributed by atoms with Gasteiger partial charge >= 0.3 is 5.97 Å². The number of sulfonamides is 1. The Morgan fingerprint density at radius 1 is 1.42 bits per heavy atom. The number of esters is 1. The SMILES string of the molecule is COC(=O)C(C)S(=O)(=O)N(C)C. The third kappa shape index (κ3) is 2.18. The van der Waals surface area contributed by atoms with E-state index in [0.717, 1.165) is 11.4 Å². The van der Waals surface area contributed by atoms with Crippen LogP contribution < -0.4 is 0 Å². The summed E-state index contributed by atoms with van der Waals surface area (Å²) in [5.74, 6) is -0.747. The molecule has 0 bridgehead atoms. The van der Waals surface area contributed by atoms with Crippen LogP contribution in [0.25, 0.3) is 0 Å². The van der Waals surface area contributed by atoms with E-state index >= 15 is 0 Å². The number of rotatable bonds is 3. The molecular formula is C6H13NO4S. The van der Waals surface area contributed by atoms with Crippen molar-refractivity contribution in [2.75, 3.05) is 21.2 Å². The van der Waals surface area contributed by atoms with Crippen molar-refractivity contribution < 1.29 is 17.9 Å². The molecule has 0 aromatic heterocycles. The first kappa shape index (κ1) is 11.4. The van der Waals surface area contributed by atoms with E-state index in [1.165, 1.54) is 21.0 Å². The van der Waals surface area contributed by atoms with Crippen LogP contribution in [0.1, 0.15) is 6.92 Å². The molecule has 0 heterocycles. The van der Waals surface area contributed by atoms with Gasteiger partial charge in [-0.15, -0.1) is 0 Å². The largest absolute Gasteiger partial charge is 0.468 e. The number of hydrogen-bond donors (Lipinski definition) is 0. The van der Waals surface area contributed by atoms with Gasteiger partial charge in [-0.25, -0.2) is 12.7 Å². The second kappa shape index (κ2) is 3.86. The van der Waals surface area contributed by atoms with Crippen molar-refractivity contribution in [1.29, 1.82) is 0 Å². The van der Waals surface area contributed by atoms with E-state index in [4.69, 9.17) is 0 Å². The Balaban J connectivity index is 4.70. The van der Waals surface area contributed by atoms with E-state index in [1.807, 2.05) is 0 Å². The fraction of sp³-hybridized carbons (Fsp3) is 0.833. The van der Waals surface area contributed by atoms with E-state index in [9.17, 15) is 13.2 Å². The lowest BCUT2D eigenvalue weighted by Crippen LogP contribution is -2.37. The molecule has 5 nitrogen and oxygen atoms in total. The fourth-order valence-corrected chi connectivity index (χ4v) is 1.58. The lowest BCUT2D eigenvalue weighted by molar-refractivity contribution is -0.139. The number of methoxy groups -OCH3 is 1. The first-order chi connectivity index (χ1) is 5.34. The lowest BCUT2D eigenvalue weighted by atomic mass is 10.5. The van der Waals surface area contributed by atoms with Crippen LogP contribution in [0.3, 0.4) is 0 Å². The molecule has 72 valence electrons. The highest BCUT2D eigenvalue weighted by Gasteiger charge is 2.30. The molecule has 0 rings (SSSR count). The minimum absolute atomic E-state index is 0.747. The molecule has 0 aliphatic rings. The molecule has 0 N–H and O–H groups in total. The smallest absolute Gasteiger partial charge is 0.325 e. The molecule has 0 aromatic carbocycles. The Morgan fingerprint density at radius 3 is 2.08 bits per heavy atom. The Hall–Kier alpha value is -0.620. The van der Waals surface area contributed by atoms with Crippen LogP contribution in [0.2, 0.25) is 0 Å². The number of hydrogen-bond acceptors (Lipinski definition) is 4. The zero-order chi connectivity index (χ0) is 9.94.